The highest BCUT2D eigenvalue weighted by Gasteiger charge is 2.05. The average Bonchev–Trinajstić information content (AvgIpc) is 2.36. The second-order valence-electron chi connectivity index (χ2n) is 3.92. The van der Waals surface area contributed by atoms with E-state index < -0.39 is 0 Å². The summed E-state index contributed by atoms with van der Waals surface area (Å²) in [7, 11) is 0. The van der Waals surface area contributed by atoms with Crippen LogP contribution in [0.25, 0.3) is 0 Å². The van der Waals surface area contributed by atoms with Crippen molar-refractivity contribution in [1.29, 1.82) is 0 Å². The van der Waals surface area contributed by atoms with Crippen LogP contribution < -0.4 is 5.32 Å². The Kier molecular flexibility index (Phi) is 7.93. The number of aliphatic hydroxyl groups excluding tert-OH is 1. The first kappa shape index (κ1) is 15.0. The van der Waals surface area contributed by atoms with Crippen molar-refractivity contribution < 1.29 is 5.11 Å². The fourth-order valence-electron chi connectivity index (χ4n) is 1.46. The summed E-state index contributed by atoms with van der Waals surface area (Å²) < 4.78 is 1.11. The molecule has 0 aromatic heterocycles. The van der Waals surface area contributed by atoms with Gasteiger partial charge in [0.2, 0.25) is 0 Å². The van der Waals surface area contributed by atoms with E-state index in [2.05, 4.69) is 52.4 Å². The summed E-state index contributed by atoms with van der Waals surface area (Å²) in [6.07, 6.45) is 2.10. The van der Waals surface area contributed by atoms with E-state index in [9.17, 15) is 5.11 Å². The lowest BCUT2D eigenvalue weighted by Crippen LogP contribution is -2.33. The molecule has 96 valence electrons. The summed E-state index contributed by atoms with van der Waals surface area (Å²) in [6, 6.07) is 8.57. The van der Waals surface area contributed by atoms with Crippen molar-refractivity contribution in [2.75, 3.05) is 18.9 Å². The predicted octanol–water partition coefficient (Wildman–Crippen LogP) is 3.29. The van der Waals surface area contributed by atoms with Gasteiger partial charge in [-0.1, -0.05) is 22.9 Å². The summed E-state index contributed by atoms with van der Waals surface area (Å²) >= 11 is 5.26. The Labute approximate surface area is 116 Å². The van der Waals surface area contributed by atoms with Crippen LogP contribution in [0.2, 0.25) is 0 Å². The Morgan fingerprint density at radius 2 is 2.06 bits per heavy atom. The minimum Gasteiger partial charge on any atom is -0.395 e. The van der Waals surface area contributed by atoms with Gasteiger partial charge in [-0.15, -0.1) is 11.8 Å². The van der Waals surface area contributed by atoms with E-state index in [-0.39, 0.29) is 12.6 Å². The van der Waals surface area contributed by atoms with Crippen molar-refractivity contribution in [1.82, 2.24) is 5.32 Å². The molecule has 0 aliphatic heterocycles. The Balaban J connectivity index is 2.23. The van der Waals surface area contributed by atoms with Gasteiger partial charge in [-0.25, -0.2) is 0 Å². The molecular formula is C13H20BrNOS. The molecule has 4 heteroatoms. The highest BCUT2D eigenvalue weighted by Crippen LogP contribution is 2.21. The standard InChI is InChI=1S/C13H20BrNOS/c1-2-8-15-12(10-16)7-9-17-13-5-3-11(14)4-6-13/h3-6,12,15-16H,2,7-10H2,1H3. The van der Waals surface area contributed by atoms with Crippen LogP contribution in [0.1, 0.15) is 19.8 Å². The van der Waals surface area contributed by atoms with Crippen molar-refractivity contribution in [3.63, 3.8) is 0 Å². The van der Waals surface area contributed by atoms with Gasteiger partial charge in [-0.2, -0.15) is 0 Å². The van der Waals surface area contributed by atoms with Crippen molar-refractivity contribution in [3.8, 4) is 0 Å². The maximum atomic E-state index is 9.21. The van der Waals surface area contributed by atoms with Gasteiger partial charge >= 0.3 is 0 Å². The SMILES string of the molecule is CCCNC(CO)CCSc1ccc(Br)cc1. The third-order valence-corrected chi connectivity index (χ3v) is 4.03. The summed E-state index contributed by atoms with van der Waals surface area (Å²) in [4.78, 5) is 1.28. The molecule has 1 aromatic carbocycles. The molecule has 0 saturated heterocycles. The van der Waals surface area contributed by atoms with E-state index in [1.54, 1.807) is 0 Å². The van der Waals surface area contributed by atoms with E-state index in [4.69, 9.17) is 0 Å². The lowest BCUT2D eigenvalue weighted by atomic mass is 10.2. The maximum Gasteiger partial charge on any atom is 0.0584 e. The molecular weight excluding hydrogens is 298 g/mol. The molecule has 0 saturated carbocycles. The highest BCUT2D eigenvalue weighted by atomic mass is 79.9. The van der Waals surface area contributed by atoms with Crippen molar-refractivity contribution >= 4 is 27.7 Å². The van der Waals surface area contributed by atoms with Gasteiger partial charge in [-0.3, -0.25) is 0 Å². The number of hydrogen-bond donors (Lipinski definition) is 2. The molecule has 0 aliphatic rings. The van der Waals surface area contributed by atoms with Gasteiger partial charge in [0.1, 0.15) is 0 Å². The molecule has 1 atom stereocenters. The zero-order chi connectivity index (χ0) is 12.5. The number of benzene rings is 1. The summed E-state index contributed by atoms with van der Waals surface area (Å²) in [6.45, 7) is 3.34. The molecule has 0 spiro atoms. The Morgan fingerprint density at radius 3 is 2.65 bits per heavy atom. The van der Waals surface area contributed by atoms with E-state index in [1.165, 1.54) is 4.90 Å². The lowest BCUT2D eigenvalue weighted by molar-refractivity contribution is 0.240. The van der Waals surface area contributed by atoms with E-state index in [1.807, 2.05) is 11.8 Å². The predicted molar refractivity (Wildman–Crippen MR) is 78.7 cm³/mol. The summed E-state index contributed by atoms with van der Waals surface area (Å²) in [5.74, 6) is 1.03. The highest BCUT2D eigenvalue weighted by molar-refractivity contribution is 9.10. The molecule has 0 aliphatic carbocycles. The number of thioether (sulfide) groups is 1. The largest absolute Gasteiger partial charge is 0.395 e. The minimum atomic E-state index is 0.223. The van der Waals surface area contributed by atoms with E-state index >= 15 is 0 Å². The number of hydrogen-bond acceptors (Lipinski definition) is 3. The van der Waals surface area contributed by atoms with E-state index in [0.29, 0.717) is 0 Å². The quantitative estimate of drug-likeness (QED) is 0.722. The molecule has 0 radical (unpaired) electrons. The first-order valence-electron chi connectivity index (χ1n) is 5.99. The second-order valence-corrected chi connectivity index (χ2v) is 6.01. The van der Waals surface area contributed by atoms with Gasteiger partial charge in [-0.05, 0) is 49.4 Å². The Hall–Kier alpha value is -0.0300. The van der Waals surface area contributed by atoms with Crippen LogP contribution in [-0.4, -0.2) is 30.1 Å². The normalized spacial score (nSPS) is 12.6. The van der Waals surface area contributed by atoms with Gasteiger partial charge in [0.05, 0.1) is 6.61 Å². The molecule has 1 rings (SSSR count). The van der Waals surface area contributed by atoms with Crippen molar-refractivity contribution in [3.05, 3.63) is 28.7 Å². The third kappa shape index (κ3) is 6.46. The minimum absolute atomic E-state index is 0.223. The van der Waals surface area contributed by atoms with Crippen LogP contribution in [0, 0.1) is 0 Å². The van der Waals surface area contributed by atoms with E-state index in [0.717, 1.165) is 29.6 Å². The fraction of sp³-hybridized carbons (Fsp3) is 0.538. The Bertz CT molecular complexity index is 305. The molecule has 2 nitrogen and oxygen atoms in total. The molecule has 0 amide bonds. The topological polar surface area (TPSA) is 32.3 Å². The molecule has 0 fully saturated rings. The van der Waals surface area contributed by atoms with Crippen LogP contribution in [0.3, 0.4) is 0 Å². The summed E-state index contributed by atoms with van der Waals surface area (Å²) in [5, 5.41) is 12.6. The number of halogens is 1. The van der Waals surface area contributed by atoms with Gasteiger partial charge < -0.3 is 10.4 Å². The maximum absolute atomic E-state index is 9.21. The molecule has 1 aromatic rings. The third-order valence-electron chi connectivity index (χ3n) is 2.45. The van der Waals surface area contributed by atoms with Crippen LogP contribution in [0.15, 0.2) is 33.6 Å². The monoisotopic (exact) mass is 317 g/mol. The van der Waals surface area contributed by atoms with Gasteiger partial charge in [0.25, 0.3) is 0 Å². The number of aliphatic hydroxyl groups is 1. The smallest absolute Gasteiger partial charge is 0.0584 e. The first-order valence-corrected chi connectivity index (χ1v) is 7.76. The van der Waals surface area contributed by atoms with Gasteiger partial charge in [0.15, 0.2) is 0 Å². The zero-order valence-corrected chi connectivity index (χ0v) is 12.6. The molecule has 0 heterocycles. The van der Waals surface area contributed by atoms with Crippen LogP contribution >= 0.6 is 27.7 Å². The summed E-state index contributed by atoms with van der Waals surface area (Å²) in [5.41, 5.74) is 0. The van der Waals surface area contributed by atoms with Gasteiger partial charge in [0, 0.05) is 15.4 Å². The number of nitrogens with one attached hydrogen (secondary N) is 1. The van der Waals surface area contributed by atoms with Crippen LogP contribution in [-0.2, 0) is 0 Å². The van der Waals surface area contributed by atoms with Crippen molar-refractivity contribution in [2.24, 2.45) is 0 Å². The average molecular weight is 318 g/mol. The van der Waals surface area contributed by atoms with Crippen molar-refractivity contribution in [2.45, 2.75) is 30.7 Å². The lowest BCUT2D eigenvalue weighted by Gasteiger charge is -2.15. The Morgan fingerprint density at radius 1 is 1.35 bits per heavy atom. The fourth-order valence-corrected chi connectivity index (χ4v) is 2.69. The van der Waals surface area contributed by atoms with Crippen LogP contribution in [0.5, 0.6) is 0 Å². The van der Waals surface area contributed by atoms with Crippen LogP contribution in [0.4, 0.5) is 0 Å². The molecule has 1 unspecified atom stereocenters. The first-order chi connectivity index (χ1) is 8.26. The molecule has 2 N–H and O–H groups in total. The second kappa shape index (κ2) is 8.97. The zero-order valence-electron chi connectivity index (χ0n) is 10.2. The molecule has 17 heavy (non-hydrogen) atoms. The number of rotatable bonds is 8. The molecule has 0 bridgehead atoms.